The van der Waals surface area contributed by atoms with E-state index in [1.165, 1.54) is 23.9 Å². The molecule has 0 aliphatic rings. The number of hydrogen-bond donors (Lipinski definition) is 0. The minimum absolute atomic E-state index is 0.0693. The van der Waals surface area contributed by atoms with Crippen molar-refractivity contribution in [2.75, 3.05) is 7.11 Å². The van der Waals surface area contributed by atoms with E-state index < -0.39 is 4.92 Å². The molecular weight excluding hydrogens is 290 g/mol. The van der Waals surface area contributed by atoms with Gasteiger partial charge in [-0.25, -0.2) is 0 Å². The standard InChI is InChI=1S/C15H13NO4S/c1-20-15-7-2-11(9-17)8-12(15)10-21-14-5-3-13(4-6-14)16(18)19/h2-9H,10H2,1H3. The molecule has 2 aromatic rings. The smallest absolute Gasteiger partial charge is 0.269 e. The minimum Gasteiger partial charge on any atom is -0.496 e. The maximum Gasteiger partial charge on any atom is 0.269 e. The van der Waals surface area contributed by atoms with Crippen LogP contribution in [0.25, 0.3) is 0 Å². The Bertz CT molecular complexity index is 655. The first-order valence-electron chi connectivity index (χ1n) is 6.13. The summed E-state index contributed by atoms with van der Waals surface area (Å²) in [6.45, 7) is 0. The lowest BCUT2D eigenvalue weighted by atomic mass is 10.1. The molecule has 21 heavy (non-hydrogen) atoms. The molecular formula is C15H13NO4S. The van der Waals surface area contributed by atoms with Crippen molar-refractivity contribution in [1.29, 1.82) is 0 Å². The molecule has 0 fully saturated rings. The molecule has 0 aliphatic heterocycles. The summed E-state index contributed by atoms with van der Waals surface area (Å²) >= 11 is 1.52. The number of aldehydes is 1. The third kappa shape index (κ3) is 3.82. The Hall–Kier alpha value is -2.34. The zero-order valence-electron chi connectivity index (χ0n) is 11.3. The number of thioether (sulfide) groups is 1. The molecule has 0 bridgehead atoms. The Morgan fingerprint density at radius 3 is 2.52 bits per heavy atom. The number of nitro benzene ring substituents is 1. The van der Waals surface area contributed by atoms with Crippen molar-refractivity contribution < 1.29 is 14.5 Å². The number of nitrogens with zero attached hydrogens (tertiary/aromatic N) is 1. The van der Waals surface area contributed by atoms with Crippen molar-refractivity contribution in [2.45, 2.75) is 10.6 Å². The van der Waals surface area contributed by atoms with Crippen LogP contribution in [0.3, 0.4) is 0 Å². The Morgan fingerprint density at radius 2 is 1.95 bits per heavy atom. The SMILES string of the molecule is COc1ccc(C=O)cc1CSc1ccc([N+](=O)[O-])cc1. The number of methoxy groups -OCH3 is 1. The summed E-state index contributed by atoms with van der Waals surface area (Å²) in [6.07, 6.45) is 0.791. The highest BCUT2D eigenvalue weighted by molar-refractivity contribution is 7.98. The minimum atomic E-state index is -0.426. The van der Waals surface area contributed by atoms with Gasteiger partial charge in [0.05, 0.1) is 12.0 Å². The summed E-state index contributed by atoms with van der Waals surface area (Å²) in [7, 11) is 1.58. The van der Waals surface area contributed by atoms with Gasteiger partial charge in [0.25, 0.3) is 5.69 Å². The fraction of sp³-hybridized carbons (Fsp3) is 0.133. The molecule has 2 aromatic carbocycles. The predicted octanol–water partition coefficient (Wildman–Crippen LogP) is 3.71. The fourth-order valence-electron chi connectivity index (χ4n) is 1.81. The second-order valence-electron chi connectivity index (χ2n) is 4.23. The van der Waals surface area contributed by atoms with Crippen LogP contribution in [-0.4, -0.2) is 18.3 Å². The number of ether oxygens (including phenoxy) is 1. The van der Waals surface area contributed by atoms with Gasteiger partial charge in [0.15, 0.2) is 0 Å². The quantitative estimate of drug-likeness (QED) is 0.352. The highest BCUT2D eigenvalue weighted by atomic mass is 32.2. The number of benzene rings is 2. The lowest BCUT2D eigenvalue weighted by Crippen LogP contribution is -1.92. The topological polar surface area (TPSA) is 69.4 Å². The van der Waals surface area contributed by atoms with Crippen LogP contribution in [-0.2, 0) is 5.75 Å². The molecule has 0 spiro atoms. The van der Waals surface area contributed by atoms with Gasteiger partial charge < -0.3 is 4.74 Å². The van der Waals surface area contributed by atoms with Gasteiger partial charge in [0.1, 0.15) is 12.0 Å². The normalized spacial score (nSPS) is 10.1. The first kappa shape index (κ1) is 15.1. The summed E-state index contributed by atoms with van der Waals surface area (Å²) in [5.41, 5.74) is 1.57. The molecule has 108 valence electrons. The average molecular weight is 303 g/mol. The zero-order valence-corrected chi connectivity index (χ0v) is 12.1. The van der Waals surface area contributed by atoms with Crippen LogP contribution < -0.4 is 4.74 Å². The molecule has 2 rings (SSSR count). The molecule has 0 amide bonds. The maximum atomic E-state index is 10.8. The fourth-order valence-corrected chi connectivity index (χ4v) is 2.69. The number of rotatable bonds is 6. The molecule has 0 aliphatic carbocycles. The van der Waals surface area contributed by atoms with E-state index in [-0.39, 0.29) is 5.69 Å². The van der Waals surface area contributed by atoms with E-state index in [0.717, 1.165) is 22.5 Å². The van der Waals surface area contributed by atoms with E-state index in [1.54, 1.807) is 37.4 Å². The molecule has 0 radical (unpaired) electrons. The van der Waals surface area contributed by atoms with E-state index in [1.807, 2.05) is 0 Å². The second kappa shape index (κ2) is 6.90. The van der Waals surface area contributed by atoms with Gasteiger partial charge in [0, 0.05) is 33.9 Å². The molecule has 0 saturated heterocycles. The second-order valence-corrected chi connectivity index (χ2v) is 5.28. The lowest BCUT2D eigenvalue weighted by Gasteiger charge is -2.09. The zero-order chi connectivity index (χ0) is 15.2. The molecule has 0 saturated carbocycles. The first-order chi connectivity index (χ1) is 10.1. The molecule has 5 nitrogen and oxygen atoms in total. The van der Waals surface area contributed by atoms with Crippen LogP contribution in [0.1, 0.15) is 15.9 Å². The maximum absolute atomic E-state index is 10.8. The highest BCUT2D eigenvalue weighted by Crippen LogP contribution is 2.29. The first-order valence-corrected chi connectivity index (χ1v) is 7.12. The van der Waals surface area contributed by atoms with Crippen molar-refractivity contribution in [2.24, 2.45) is 0 Å². The number of hydrogen-bond acceptors (Lipinski definition) is 5. The number of carbonyl (C=O) groups is 1. The van der Waals surface area contributed by atoms with Gasteiger partial charge in [0.2, 0.25) is 0 Å². The van der Waals surface area contributed by atoms with Crippen molar-refractivity contribution in [3.05, 3.63) is 63.7 Å². The summed E-state index contributed by atoms with van der Waals surface area (Å²) in [6, 6.07) is 11.6. The Kier molecular flexibility index (Phi) is 4.94. The van der Waals surface area contributed by atoms with Crippen molar-refractivity contribution in [1.82, 2.24) is 0 Å². The third-order valence-corrected chi connectivity index (χ3v) is 3.94. The van der Waals surface area contributed by atoms with Crippen molar-refractivity contribution >= 4 is 23.7 Å². The lowest BCUT2D eigenvalue weighted by molar-refractivity contribution is -0.384. The molecule has 0 heterocycles. The van der Waals surface area contributed by atoms with Gasteiger partial charge in [-0.05, 0) is 30.3 Å². The van der Waals surface area contributed by atoms with Crippen LogP contribution in [0, 0.1) is 10.1 Å². The van der Waals surface area contributed by atoms with Gasteiger partial charge in [-0.2, -0.15) is 0 Å². The van der Waals surface area contributed by atoms with E-state index in [0.29, 0.717) is 11.3 Å². The summed E-state index contributed by atoms with van der Waals surface area (Å²) < 4.78 is 5.27. The summed E-state index contributed by atoms with van der Waals surface area (Å²) in [5, 5.41) is 10.6. The van der Waals surface area contributed by atoms with Crippen molar-refractivity contribution in [3.63, 3.8) is 0 Å². The molecule has 0 N–H and O–H groups in total. The Balaban J connectivity index is 2.11. The largest absolute Gasteiger partial charge is 0.496 e. The Labute approximate surface area is 126 Å². The van der Waals surface area contributed by atoms with Gasteiger partial charge >= 0.3 is 0 Å². The third-order valence-electron chi connectivity index (χ3n) is 2.88. The summed E-state index contributed by atoms with van der Waals surface area (Å²) in [4.78, 5) is 21.9. The number of nitro groups is 1. The highest BCUT2D eigenvalue weighted by Gasteiger charge is 2.07. The van der Waals surface area contributed by atoms with E-state index in [9.17, 15) is 14.9 Å². The van der Waals surface area contributed by atoms with E-state index in [4.69, 9.17) is 4.74 Å². The van der Waals surface area contributed by atoms with Gasteiger partial charge in [-0.1, -0.05) is 0 Å². The van der Waals surface area contributed by atoms with Crippen LogP contribution in [0.15, 0.2) is 47.4 Å². The van der Waals surface area contributed by atoms with Gasteiger partial charge in [-0.15, -0.1) is 11.8 Å². The molecule has 0 atom stereocenters. The van der Waals surface area contributed by atoms with Crippen LogP contribution in [0.2, 0.25) is 0 Å². The number of carbonyl (C=O) groups excluding carboxylic acids is 1. The number of non-ortho nitro benzene ring substituents is 1. The predicted molar refractivity (Wildman–Crippen MR) is 81.0 cm³/mol. The molecule has 0 unspecified atom stereocenters. The molecule has 6 heteroatoms. The summed E-state index contributed by atoms with van der Waals surface area (Å²) in [5.74, 6) is 1.33. The van der Waals surface area contributed by atoms with Crippen LogP contribution in [0.4, 0.5) is 5.69 Å². The molecule has 0 aromatic heterocycles. The average Bonchev–Trinajstić information content (AvgIpc) is 2.52. The van der Waals surface area contributed by atoms with E-state index in [2.05, 4.69) is 0 Å². The van der Waals surface area contributed by atoms with Crippen molar-refractivity contribution in [3.8, 4) is 5.75 Å². The monoisotopic (exact) mass is 303 g/mol. The van der Waals surface area contributed by atoms with Gasteiger partial charge in [-0.3, -0.25) is 14.9 Å². The van der Waals surface area contributed by atoms with E-state index >= 15 is 0 Å². The van der Waals surface area contributed by atoms with Crippen LogP contribution >= 0.6 is 11.8 Å². The van der Waals surface area contributed by atoms with Crippen LogP contribution in [0.5, 0.6) is 5.75 Å². The Morgan fingerprint density at radius 1 is 1.24 bits per heavy atom.